The second kappa shape index (κ2) is 7.70. The van der Waals surface area contributed by atoms with Gasteiger partial charge in [-0.25, -0.2) is 4.98 Å². The van der Waals surface area contributed by atoms with Crippen LogP contribution in [-0.2, 0) is 6.54 Å². The molecule has 0 atom stereocenters. The van der Waals surface area contributed by atoms with E-state index in [0.717, 1.165) is 49.0 Å². The number of hydrogen-bond donors (Lipinski definition) is 0. The predicted molar refractivity (Wildman–Crippen MR) is 108 cm³/mol. The number of aryl methyl sites for hydroxylation is 1. The fourth-order valence-electron chi connectivity index (χ4n) is 3.10. The largest absolute Gasteiger partial charge is 0.336 e. The van der Waals surface area contributed by atoms with E-state index in [0.29, 0.717) is 0 Å². The van der Waals surface area contributed by atoms with Crippen LogP contribution in [0, 0.1) is 6.92 Å². The predicted octanol–water partition coefficient (Wildman–Crippen LogP) is 4.14. The van der Waals surface area contributed by atoms with E-state index < -0.39 is 0 Å². The van der Waals surface area contributed by atoms with E-state index in [2.05, 4.69) is 27.8 Å². The molecule has 1 aliphatic heterocycles. The van der Waals surface area contributed by atoms with Crippen molar-refractivity contribution in [3.63, 3.8) is 0 Å². The molecule has 0 N–H and O–H groups in total. The van der Waals surface area contributed by atoms with Crippen molar-refractivity contribution in [1.29, 1.82) is 0 Å². The van der Waals surface area contributed by atoms with Crippen molar-refractivity contribution in [2.45, 2.75) is 13.5 Å². The van der Waals surface area contributed by atoms with Crippen LogP contribution in [0.15, 0.2) is 47.2 Å². The number of amides is 1. The zero-order valence-electron chi connectivity index (χ0n) is 14.7. The van der Waals surface area contributed by atoms with E-state index in [4.69, 9.17) is 4.98 Å². The van der Waals surface area contributed by atoms with Crippen molar-refractivity contribution in [3.05, 3.63) is 63.3 Å². The lowest BCUT2D eigenvalue weighted by Gasteiger charge is -2.34. The average molecular weight is 384 g/mol. The lowest BCUT2D eigenvalue weighted by atomic mass is 10.1. The van der Waals surface area contributed by atoms with Gasteiger partial charge in [0, 0.05) is 37.1 Å². The second-order valence-corrected chi connectivity index (χ2v) is 8.43. The third-order valence-electron chi connectivity index (χ3n) is 4.64. The number of aromatic nitrogens is 1. The molecule has 0 aliphatic carbocycles. The minimum atomic E-state index is 0.138. The number of hydrogen-bond acceptors (Lipinski definition) is 5. The number of thiazole rings is 1. The molecule has 0 unspecified atom stereocenters. The van der Waals surface area contributed by atoms with Crippen LogP contribution in [0.4, 0.5) is 0 Å². The van der Waals surface area contributed by atoms with Gasteiger partial charge in [-0.05, 0) is 30.5 Å². The topological polar surface area (TPSA) is 36.4 Å². The monoisotopic (exact) mass is 383 g/mol. The zero-order chi connectivity index (χ0) is 17.9. The summed E-state index contributed by atoms with van der Waals surface area (Å²) in [5, 5.41) is 5.36. The number of benzene rings is 1. The number of nitrogens with zero attached hydrogens (tertiary/aromatic N) is 3. The van der Waals surface area contributed by atoms with Crippen LogP contribution in [0.1, 0.15) is 20.9 Å². The molecule has 0 bridgehead atoms. The molecule has 1 amide bonds. The normalized spacial score (nSPS) is 15.3. The van der Waals surface area contributed by atoms with Crippen LogP contribution in [0.2, 0.25) is 0 Å². The summed E-state index contributed by atoms with van der Waals surface area (Å²) in [6.45, 7) is 6.24. The van der Waals surface area contributed by atoms with Crippen molar-refractivity contribution in [2.75, 3.05) is 26.2 Å². The highest BCUT2D eigenvalue weighted by atomic mass is 32.1. The first-order chi connectivity index (χ1) is 12.7. The summed E-state index contributed by atoms with van der Waals surface area (Å²) in [6.07, 6.45) is 0. The first-order valence-corrected chi connectivity index (χ1v) is 10.5. The van der Waals surface area contributed by atoms with Gasteiger partial charge in [-0.15, -0.1) is 22.7 Å². The van der Waals surface area contributed by atoms with Crippen LogP contribution in [0.3, 0.4) is 0 Å². The average Bonchev–Trinajstić information content (AvgIpc) is 3.34. The summed E-state index contributed by atoms with van der Waals surface area (Å²) >= 11 is 3.44. The van der Waals surface area contributed by atoms with Crippen LogP contribution in [-0.4, -0.2) is 46.9 Å². The van der Waals surface area contributed by atoms with Crippen molar-refractivity contribution in [1.82, 2.24) is 14.8 Å². The molecule has 3 aromatic rings. The highest BCUT2D eigenvalue weighted by Gasteiger charge is 2.22. The van der Waals surface area contributed by atoms with Gasteiger partial charge in [-0.3, -0.25) is 9.69 Å². The van der Waals surface area contributed by atoms with Gasteiger partial charge in [0.25, 0.3) is 5.91 Å². The minimum Gasteiger partial charge on any atom is -0.336 e. The number of thiophene rings is 1. The quantitative estimate of drug-likeness (QED) is 0.679. The van der Waals surface area contributed by atoms with Crippen molar-refractivity contribution in [2.24, 2.45) is 0 Å². The van der Waals surface area contributed by atoms with Gasteiger partial charge < -0.3 is 4.90 Å². The summed E-state index contributed by atoms with van der Waals surface area (Å²) in [5.41, 5.74) is 3.04. The fraction of sp³-hybridized carbons (Fsp3) is 0.300. The van der Waals surface area contributed by atoms with E-state index in [-0.39, 0.29) is 5.91 Å². The number of piperazine rings is 1. The molecule has 2 aromatic heterocycles. The van der Waals surface area contributed by atoms with Crippen LogP contribution in [0.25, 0.3) is 10.6 Å². The van der Waals surface area contributed by atoms with E-state index in [1.165, 1.54) is 10.4 Å². The standard InChI is InChI=1S/C20H21N3OS2/c1-15-4-6-16(7-5-15)20(24)23-10-8-22(9-11-23)13-19-21-17(14-26-19)18-3-2-12-25-18/h2-7,12,14H,8-11,13H2,1H3. The van der Waals surface area contributed by atoms with E-state index in [1.807, 2.05) is 36.1 Å². The molecular formula is C20H21N3OS2. The van der Waals surface area contributed by atoms with Gasteiger partial charge in [0.05, 0.1) is 17.1 Å². The Labute approximate surface area is 161 Å². The maximum absolute atomic E-state index is 12.6. The molecule has 0 spiro atoms. The molecule has 1 fully saturated rings. The Morgan fingerprint density at radius 2 is 1.85 bits per heavy atom. The van der Waals surface area contributed by atoms with Crippen molar-refractivity contribution >= 4 is 28.6 Å². The number of rotatable bonds is 4. The highest BCUT2D eigenvalue weighted by molar-refractivity contribution is 7.14. The third-order valence-corrected chi connectivity index (χ3v) is 6.37. The third kappa shape index (κ3) is 3.87. The van der Waals surface area contributed by atoms with Gasteiger partial charge in [0.1, 0.15) is 5.01 Å². The van der Waals surface area contributed by atoms with E-state index in [9.17, 15) is 4.79 Å². The van der Waals surface area contributed by atoms with Crippen LogP contribution < -0.4 is 0 Å². The smallest absolute Gasteiger partial charge is 0.253 e. The summed E-state index contributed by atoms with van der Waals surface area (Å²) in [4.78, 5) is 22.9. The summed E-state index contributed by atoms with van der Waals surface area (Å²) in [6, 6.07) is 12.0. The van der Waals surface area contributed by atoms with Gasteiger partial charge in [0.15, 0.2) is 0 Å². The molecule has 0 radical (unpaired) electrons. The Morgan fingerprint density at radius 1 is 1.08 bits per heavy atom. The Hall–Kier alpha value is -2.02. The highest BCUT2D eigenvalue weighted by Crippen LogP contribution is 2.26. The fourth-order valence-corrected chi connectivity index (χ4v) is 4.70. The Bertz CT molecular complexity index is 863. The molecule has 6 heteroatoms. The molecule has 4 nitrogen and oxygen atoms in total. The summed E-state index contributed by atoms with van der Waals surface area (Å²) in [7, 11) is 0. The minimum absolute atomic E-state index is 0.138. The molecule has 1 aromatic carbocycles. The lowest BCUT2D eigenvalue weighted by Crippen LogP contribution is -2.48. The maximum atomic E-state index is 12.6. The van der Waals surface area contributed by atoms with E-state index >= 15 is 0 Å². The molecule has 134 valence electrons. The number of carbonyl (C=O) groups is 1. The second-order valence-electron chi connectivity index (χ2n) is 6.54. The van der Waals surface area contributed by atoms with Gasteiger partial charge in [-0.1, -0.05) is 23.8 Å². The van der Waals surface area contributed by atoms with Crippen LogP contribution in [0.5, 0.6) is 0 Å². The lowest BCUT2D eigenvalue weighted by molar-refractivity contribution is 0.0628. The Morgan fingerprint density at radius 3 is 2.54 bits per heavy atom. The molecule has 1 saturated heterocycles. The molecule has 0 saturated carbocycles. The van der Waals surface area contributed by atoms with Crippen molar-refractivity contribution in [3.8, 4) is 10.6 Å². The Kier molecular flexibility index (Phi) is 5.15. The van der Waals surface area contributed by atoms with Gasteiger partial charge >= 0.3 is 0 Å². The molecular weight excluding hydrogens is 362 g/mol. The molecule has 4 rings (SSSR count). The van der Waals surface area contributed by atoms with E-state index in [1.54, 1.807) is 22.7 Å². The number of carbonyl (C=O) groups excluding carboxylic acids is 1. The summed E-state index contributed by atoms with van der Waals surface area (Å²) < 4.78 is 0. The SMILES string of the molecule is Cc1ccc(C(=O)N2CCN(Cc3nc(-c4cccs4)cs3)CC2)cc1. The summed E-state index contributed by atoms with van der Waals surface area (Å²) in [5.74, 6) is 0.138. The first-order valence-electron chi connectivity index (χ1n) is 8.75. The van der Waals surface area contributed by atoms with Crippen LogP contribution >= 0.6 is 22.7 Å². The van der Waals surface area contributed by atoms with Crippen molar-refractivity contribution < 1.29 is 4.79 Å². The van der Waals surface area contributed by atoms with Gasteiger partial charge in [-0.2, -0.15) is 0 Å². The molecule has 3 heterocycles. The first kappa shape index (κ1) is 17.4. The molecule has 26 heavy (non-hydrogen) atoms. The molecule has 1 aliphatic rings. The zero-order valence-corrected chi connectivity index (χ0v) is 16.4. The Balaban J connectivity index is 1.32. The van der Waals surface area contributed by atoms with Gasteiger partial charge in [0.2, 0.25) is 0 Å². The maximum Gasteiger partial charge on any atom is 0.253 e.